The van der Waals surface area contributed by atoms with Crippen molar-refractivity contribution in [3.8, 4) is 5.75 Å². The van der Waals surface area contributed by atoms with Crippen LogP contribution in [0.15, 0.2) is 24.3 Å². The van der Waals surface area contributed by atoms with Crippen LogP contribution in [0.1, 0.15) is 40.0 Å². The van der Waals surface area contributed by atoms with Crippen LogP contribution in [0.2, 0.25) is 0 Å². The van der Waals surface area contributed by atoms with Crippen LogP contribution in [0, 0.1) is 0 Å². The van der Waals surface area contributed by atoms with E-state index in [-0.39, 0.29) is 5.91 Å². The fourth-order valence-corrected chi connectivity index (χ4v) is 2.02. The van der Waals surface area contributed by atoms with Gasteiger partial charge in [-0.15, -0.1) is 0 Å². The average molecular weight is 279 g/mol. The first kappa shape index (κ1) is 16.5. The third kappa shape index (κ3) is 4.53. The van der Waals surface area contributed by atoms with E-state index in [0.29, 0.717) is 6.61 Å². The summed E-state index contributed by atoms with van der Waals surface area (Å²) in [4.78, 5) is 12.4. The zero-order chi connectivity index (χ0) is 15.0. The van der Waals surface area contributed by atoms with Crippen molar-refractivity contribution in [3.63, 3.8) is 0 Å². The molecule has 112 valence electrons. The van der Waals surface area contributed by atoms with Crippen molar-refractivity contribution in [2.45, 2.75) is 45.6 Å². The summed E-state index contributed by atoms with van der Waals surface area (Å²) < 4.78 is 10.8. The maximum atomic E-state index is 12.4. The fourth-order valence-electron chi connectivity index (χ4n) is 2.02. The number of amides is 1. The highest BCUT2D eigenvalue weighted by molar-refractivity contribution is 5.97. The van der Waals surface area contributed by atoms with Crippen molar-refractivity contribution in [3.05, 3.63) is 24.3 Å². The topological polar surface area (TPSA) is 47.6 Å². The third-order valence-corrected chi connectivity index (χ3v) is 3.30. The molecule has 1 aromatic carbocycles. The van der Waals surface area contributed by atoms with Crippen LogP contribution < -0.4 is 10.1 Å². The number of nitrogens with one attached hydrogen (secondary N) is 1. The highest BCUT2D eigenvalue weighted by Crippen LogP contribution is 2.22. The Balaban J connectivity index is 2.73. The van der Waals surface area contributed by atoms with Gasteiger partial charge in [-0.25, -0.2) is 0 Å². The molecule has 0 saturated heterocycles. The van der Waals surface area contributed by atoms with Crippen LogP contribution >= 0.6 is 0 Å². The zero-order valence-electron chi connectivity index (χ0n) is 12.9. The van der Waals surface area contributed by atoms with Gasteiger partial charge in [0, 0.05) is 12.3 Å². The molecule has 1 rings (SSSR count). The molecule has 1 amide bonds. The molecule has 0 aliphatic rings. The summed E-state index contributed by atoms with van der Waals surface area (Å²) >= 11 is 0. The Morgan fingerprint density at radius 2 is 1.90 bits per heavy atom. The first-order valence-corrected chi connectivity index (χ1v) is 7.15. The van der Waals surface area contributed by atoms with Gasteiger partial charge in [-0.2, -0.15) is 0 Å². The normalized spacial score (nSPS) is 13.6. The van der Waals surface area contributed by atoms with Crippen molar-refractivity contribution in [1.82, 2.24) is 0 Å². The number of hydrogen-bond donors (Lipinski definition) is 1. The van der Waals surface area contributed by atoms with E-state index in [1.807, 2.05) is 38.1 Å². The van der Waals surface area contributed by atoms with E-state index in [9.17, 15) is 4.79 Å². The predicted octanol–water partition coefficient (Wildman–Crippen LogP) is 3.62. The summed E-state index contributed by atoms with van der Waals surface area (Å²) in [7, 11) is 1.62. The molecule has 0 aliphatic heterocycles. The smallest absolute Gasteiger partial charge is 0.256 e. The molecule has 0 heterocycles. The zero-order valence-corrected chi connectivity index (χ0v) is 12.9. The van der Waals surface area contributed by atoms with E-state index in [0.717, 1.165) is 30.7 Å². The van der Waals surface area contributed by atoms with Crippen molar-refractivity contribution in [1.29, 1.82) is 0 Å². The van der Waals surface area contributed by atoms with Crippen LogP contribution in [-0.4, -0.2) is 25.2 Å². The molecular formula is C16H25NO3. The van der Waals surface area contributed by atoms with Gasteiger partial charge in [0.15, 0.2) is 0 Å². The lowest BCUT2D eigenvalue weighted by atomic mass is 9.97. The lowest BCUT2D eigenvalue weighted by molar-refractivity contribution is -0.139. The first-order valence-electron chi connectivity index (χ1n) is 7.15. The highest BCUT2D eigenvalue weighted by Gasteiger charge is 2.33. The molecule has 0 unspecified atom stereocenters. The maximum Gasteiger partial charge on any atom is 0.256 e. The molecule has 0 fully saturated rings. The molecule has 0 spiro atoms. The lowest BCUT2D eigenvalue weighted by Crippen LogP contribution is -2.42. The number of unbranched alkanes of at least 4 members (excludes halogenated alkanes) is 1. The van der Waals surface area contributed by atoms with Crippen LogP contribution in [0.5, 0.6) is 5.75 Å². The molecule has 1 atom stereocenters. The summed E-state index contributed by atoms with van der Waals surface area (Å²) in [6.07, 6.45) is 2.73. The molecule has 4 heteroatoms. The monoisotopic (exact) mass is 279 g/mol. The first-order chi connectivity index (χ1) is 9.55. The predicted molar refractivity (Wildman–Crippen MR) is 81.2 cm³/mol. The molecule has 4 nitrogen and oxygen atoms in total. The SMILES string of the molecule is CCCC[C@](C)(OCC)C(=O)Nc1ccc(OC)cc1. The van der Waals surface area contributed by atoms with Gasteiger partial charge in [0.2, 0.25) is 0 Å². The van der Waals surface area contributed by atoms with Gasteiger partial charge in [-0.05, 0) is 44.5 Å². The lowest BCUT2D eigenvalue weighted by Gasteiger charge is -2.28. The molecular weight excluding hydrogens is 254 g/mol. The van der Waals surface area contributed by atoms with E-state index in [1.165, 1.54) is 0 Å². The Kier molecular flexibility index (Phi) is 6.52. The summed E-state index contributed by atoms with van der Waals surface area (Å²) in [6.45, 7) is 6.39. The van der Waals surface area contributed by atoms with Gasteiger partial charge in [-0.3, -0.25) is 4.79 Å². The van der Waals surface area contributed by atoms with Crippen LogP contribution in [-0.2, 0) is 9.53 Å². The Morgan fingerprint density at radius 3 is 2.40 bits per heavy atom. The van der Waals surface area contributed by atoms with E-state index >= 15 is 0 Å². The molecule has 0 radical (unpaired) electrons. The average Bonchev–Trinajstić information content (AvgIpc) is 2.46. The van der Waals surface area contributed by atoms with Crippen LogP contribution in [0.25, 0.3) is 0 Å². The minimum absolute atomic E-state index is 0.0991. The van der Waals surface area contributed by atoms with Crippen LogP contribution in [0.4, 0.5) is 5.69 Å². The molecule has 1 N–H and O–H groups in total. The summed E-state index contributed by atoms with van der Waals surface area (Å²) in [5.41, 5.74) is -0.0248. The van der Waals surface area contributed by atoms with Gasteiger partial charge in [0.1, 0.15) is 11.4 Å². The number of anilines is 1. The fraction of sp³-hybridized carbons (Fsp3) is 0.562. The number of hydrogen-bond acceptors (Lipinski definition) is 3. The minimum atomic E-state index is -0.773. The van der Waals surface area contributed by atoms with Gasteiger partial charge >= 0.3 is 0 Å². The van der Waals surface area contributed by atoms with E-state index in [2.05, 4.69) is 12.2 Å². The van der Waals surface area contributed by atoms with Crippen molar-refractivity contribution in [2.24, 2.45) is 0 Å². The second-order valence-electron chi connectivity index (χ2n) is 4.95. The second kappa shape index (κ2) is 7.90. The Hall–Kier alpha value is -1.55. The maximum absolute atomic E-state index is 12.4. The van der Waals surface area contributed by atoms with Crippen molar-refractivity contribution in [2.75, 3.05) is 19.0 Å². The molecule has 0 aliphatic carbocycles. The standard InChI is InChI=1S/C16H25NO3/c1-5-7-12-16(3,20-6-2)15(18)17-13-8-10-14(19-4)11-9-13/h8-11H,5-7,12H2,1-4H3,(H,17,18)/t16-/m0/s1. The number of carbonyl (C=O) groups is 1. The molecule has 0 saturated carbocycles. The summed E-state index contributed by atoms with van der Waals surface area (Å²) in [5, 5.41) is 2.91. The summed E-state index contributed by atoms with van der Waals surface area (Å²) in [6, 6.07) is 7.28. The quantitative estimate of drug-likeness (QED) is 0.790. The van der Waals surface area contributed by atoms with E-state index in [4.69, 9.17) is 9.47 Å². The third-order valence-electron chi connectivity index (χ3n) is 3.30. The molecule has 20 heavy (non-hydrogen) atoms. The Morgan fingerprint density at radius 1 is 1.25 bits per heavy atom. The number of methoxy groups -OCH3 is 1. The van der Waals surface area contributed by atoms with Gasteiger partial charge in [-0.1, -0.05) is 19.8 Å². The Bertz CT molecular complexity index is 416. The van der Waals surface area contributed by atoms with Crippen molar-refractivity contribution >= 4 is 11.6 Å². The number of ether oxygens (including phenoxy) is 2. The molecule has 1 aromatic rings. The molecule has 0 bridgehead atoms. The number of benzene rings is 1. The van der Waals surface area contributed by atoms with Gasteiger partial charge in [0.25, 0.3) is 5.91 Å². The van der Waals surface area contributed by atoms with Gasteiger partial charge in [0.05, 0.1) is 7.11 Å². The largest absolute Gasteiger partial charge is 0.497 e. The van der Waals surface area contributed by atoms with Crippen LogP contribution in [0.3, 0.4) is 0 Å². The number of rotatable bonds is 8. The minimum Gasteiger partial charge on any atom is -0.497 e. The Labute approximate surface area is 121 Å². The number of carbonyl (C=O) groups excluding carboxylic acids is 1. The van der Waals surface area contributed by atoms with E-state index in [1.54, 1.807) is 7.11 Å². The van der Waals surface area contributed by atoms with E-state index < -0.39 is 5.60 Å². The summed E-state index contributed by atoms with van der Waals surface area (Å²) in [5.74, 6) is 0.666. The van der Waals surface area contributed by atoms with Gasteiger partial charge < -0.3 is 14.8 Å². The molecule has 0 aromatic heterocycles. The van der Waals surface area contributed by atoms with Crippen molar-refractivity contribution < 1.29 is 14.3 Å². The highest BCUT2D eigenvalue weighted by atomic mass is 16.5. The second-order valence-corrected chi connectivity index (χ2v) is 4.95.